The maximum Gasteiger partial charge on any atom is 0.0694 e. The standard InChI is InChI=1S/C12H26N2O/c1-13-9-8-12(6-4-7-12)15-11-5-10-14(2)3/h13H,4-11H2,1-3H3. The van der Waals surface area contributed by atoms with Crippen molar-refractivity contribution in [1.82, 2.24) is 10.2 Å². The summed E-state index contributed by atoms with van der Waals surface area (Å²) < 4.78 is 6.05. The highest BCUT2D eigenvalue weighted by Gasteiger charge is 2.36. The van der Waals surface area contributed by atoms with Crippen LogP contribution in [0.5, 0.6) is 0 Å². The van der Waals surface area contributed by atoms with E-state index in [1.54, 1.807) is 0 Å². The highest BCUT2D eigenvalue weighted by molar-refractivity contribution is 4.90. The average molecular weight is 214 g/mol. The Balaban J connectivity index is 2.10. The van der Waals surface area contributed by atoms with Crippen molar-refractivity contribution in [2.75, 3.05) is 40.8 Å². The number of hydrogen-bond acceptors (Lipinski definition) is 3. The summed E-state index contributed by atoms with van der Waals surface area (Å²) in [5, 5.41) is 3.21. The zero-order valence-electron chi connectivity index (χ0n) is 10.5. The number of ether oxygens (including phenoxy) is 1. The molecule has 0 atom stereocenters. The van der Waals surface area contributed by atoms with E-state index < -0.39 is 0 Å². The van der Waals surface area contributed by atoms with Gasteiger partial charge < -0.3 is 15.0 Å². The molecule has 0 saturated heterocycles. The van der Waals surface area contributed by atoms with Gasteiger partial charge in [-0.05, 0) is 66.3 Å². The van der Waals surface area contributed by atoms with E-state index in [2.05, 4.69) is 24.3 Å². The molecular weight excluding hydrogens is 188 g/mol. The van der Waals surface area contributed by atoms with Gasteiger partial charge in [-0.15, -0.1) is 0 Å². The van der Waals surface area contributed by atoms with Crippen LogP contribution in [-0.2, 0) is 4.74 Å². The molecule has 0 aliphatic heterocycles. The van der Waals surface area contributed by atoms with Gasteiger partial charge in [0.05, 0.1) is 5.60 Å². The lowest BCUT2D eigenvalue weighted by Crippen LogP contribution is -2.42. The molecule has 0 heterocycles. The predicted molar refractivity (Wildman–Crippen MR) is 64.2 cm³/mol. The smallest absolute Gasteiger partial charge is 0.0694 e. The van der Waals surface area contributed by atoms with Crippen LogP contribution in [0, 0.1) is 0 Å². The van der Waals surface area contributed by atoms with Crippen molar-refractivity contribution in [2.24, 2.45) is 0 Å². The van der Waals surface area contributed by atoms with Gasteiger partial charge in [0.2, 0.25) is 0 Å². The van der Waals surface area contributed by atoms with Gasteiger partial charge in [-0.25, -0.2) is 0 Å². The Kier molecular flexibility index (Phi) is 5.58. The molecular formula is C12H26N2O. The maximum atomic E-state index is 6.05. The van der Waals surface area contributed by atoms with Crippen molar-refractivity contribution in [3.63, 3.8) is 0 Å². The summed E-state index contributed by atoms with van der Waals surface area (Å²) in [6, 6.07) is 0. The zero-order valence-corrected chi connectivity index (χ0v) is 10.5. The lowest BCUT2D eigenvalue weighted by atomic mass is 9.77. The molecule has 3 nitrogen and oxygen atoms in total. The van der Waals surface area contributed by atoms with Gasteiger partial charge in [0.15, 0.2) is 0 Å². The first kappa shape index (κ1) is 12.9. The first-order chi connectivity index (χ1) is 7.18. The van der Waals surface area contributed by atoms with Crippen LogP contribution in [0.3, 0.4) is 0 Å². The SMILES string of the molecule is CNCCC1(OCCCN(C)C)CCC1. The molecule has 0 radical (unpaired) electrons. The normalized spacial score (nSPS) is 19.2. The molecule has 1 fully saturated rings. The zero-order chi connectivity index (χ0) is 11.1. The van der Waals surface area contributed by atoms with Crippen molar-refractivity contribution in [3.05, 3.63) is 0 Å². The van der Waals surface area contributed by atoms with Crippen molar-refractivity contribution in [2.45, 2.75) is 37.7 Å². The van der Waals surface area contributed by atoms with E-state index in [0.29, 0.717) is 0 Å². The monoisotopic (exact) mass is 214 g/mol. The summed E-state index contributed by atoms with van der Waals surface area (Å²) in [4.78, 5) is 2.21. The lowest BCUT2D eigenvalue weighted by Gasteiger charge is -2.42. The Morgan fingerprint density at radius 2 is 2.07 bits per heavy atom. The van der Waals surface area contributed by atoms with Crippen LogP contribution in [0.4, 0.5) is 0 Å². The summed E-state index contributed by atoms with van der Waals surface area (Å²) in [5.41, 5.74) is 0.231. The van der Waals surface area contributed by atoms with Crippen molar-refractivity contribution in [1.29, 1.82) is 0 Å². The summed E-state index contributed by atoms with van der Waals surface area (Å²) >= 11 is 0. The van der Waals surface area contributed by atoms with Gasteiger partial charge >= 0.3 is 0 Å². The van der Waals surface area contributed by atoms with Crippen LogP contribution >= 0.6 is 0 Å². The molecule has 15 heavy (non-hydrogen) atoms. The fourth-order valence-electron chi connectivity index (χ4n) is 2.06. The highest BCUT2D eigenvalue weighted by atomic mass is 16.5. The molecule has 90 valence electrons. The first-order valence-electron chi connectivity index (χ1n) is 6.12. The second-order valence-electron chi connectivity index (χ2n) is 4.90. The molecule has 1 aliphatic carbocycles. The van der Waals surface area contributed by atoms with Crippen molar-refractivity contribution < 1.29 is 4.74 Å². The van der Waals surface area contributed by atoms with E-state index in [4.69, 9.17) is 4.74 Å². The van der Waals surface area contributed by atoms with Crippen LogP contribution in [0.25, 0.3) is 0 Å². The van der Waals surface area contributed by atoms with E-state index in [-0.39, 0.29) is 5.60 Å². The second kappa shape index (κ2) is 6.46. The fraction of sp³-hybridized carbons (Fsp3) is 1.00. The molecule has 1 rings (SSSR count). The summed E-state index contributed by atoms with van der Waals surface area (Å²) in [6.45, 7) is 3.12. The minimum atomic E-state index is 0.231. The molecule has 1 aliphatic rings. The molecule has 0 bridgehead atoms. The highest BCUT2D eigenvalue weighted by Crippen LogP contribution is 2.38. The third-order valence-electron chi connectivity index (χ3n) is 3.25. The minimum absolute atomic E-state index is 0.231. The first-order valence-corrected chi connectivity index (χ1v) is 6.12. The minimum Gasteiger partial charge on any atom is -0.375 e. The van der Waals surface area contributed by atoms with Crippen LogP contribution < -0.4 is 5.32 Å². The summed E-state index contributed by atoms with van der Waals surface area (Å²) in [6.07, 6.45) is 6.18. The summed E-state index contributed by atoms with van der Waals surface area (Å²) in [5.74, 6) is 0. The Morgan fingerprint density at radius 1 is 1.33 bits per heavy atom. The van der Waals surface area contributed by atoms with Crippen molar-refractivity contribution >= 4 is 0 Å². The van der Waals surface area contributed by atoms with Gasteiger partial charge in [0.25, 0.3) is 0 Å². The molecule has 0 unspecified atom stereocenters. The maximum absolute atomic E-state index is 6.05. The van der Waals surface area contributed by atoms with Gasteiger partial charge in [-0.3, -0.25) is 0 Å². The van der Waals surface area contributed by atoms with Crippen molar-refractivity contribution in [3.8, 4) is 0 Å². The molecule has 0 aromatic carbocycles. The quantitative estimate of drug-likeness (QED) is 0.620. The molecule has 0 aromatic rings. The van der Waals surface area contributed by atoms with E-state index in [0.717, 1.165) is 26.1 Å². The predicted octanol–water partition coefficient (Wildman–Crippen LogP) is 1.49. The Labute approximate surface area is 94.2 Å². The number of rotatable bonds is 8. The van der Waals surface area contributed by atoms with Crippen LogP contribution in [-0.4, -0.2) is 51.3 Å². The van der Waals surface area contributed by atoms with E-state index in [1.807, 2.05) is 7.05 Å². The molecule has 0 amide bonds. The van der Waals surface area contributed by atoms with Gasteiger partial charge in [-0.1, -0.05) is 0 Å². The third-order valence-corrected chi connectivity index (χ3v) is 3.25. The molecule has 1 saturated carbocycles. The molecule has 0 spiro atoms. The van der Waals surface area contributed by atoms with E-state index in [1.165, 1.54) is 25.7 Å². The van der Waals surface area contributed by atoms with Crippen LogP contribution in [0.1, 0.15) is 32.1 Å². The largest absolute Gasteiger partial charge is 0.375 e. The topological polar surface area (TPSA) is 24.5 Å². The molecule has 3 heteroatoms. The Morgan fingerprint density at radius 3 is 2.53 bits per heavy atom. The van der Waals surface area contributed by atoms with E-state index >= 15 is 0 Å². The number of hydrogen-bond donors (Lipinski definition) is 1. The number of nitrogens with one attached hydrogen (secondary N) is 1. The second-order valence-corrected chi connectivity index (χ2v) is 4.90. The number of nitrogens with zero attached hydrogens (tertiary/aromatic N) is 1. The van der Waals surface area contributed by atoms with E-state index in [9.17, 15) is 0 Å². The molecule has 0 aromatic heterocycles. The van der Waals surface area contributed by atoms with Crippen LogP contribution in [0.2, 0.25) is 0 Å². The lowest BCUT2D eigenvalue weighted by molar-refractivity contribution is -0.105. The van der Waals surface area contributed by atoms with Gasteiger partial charge in [0.1, 0.15) is 0 Å². The average Bonchev–Trinajstić information content (AvgIpc) is 2.14. The molecule has 1 N–H and O–H groups in total. The fourth-order valence-corrected chi connectivity index (χ4v) is 2.06. The van der Waals surface area contributed by atoms with Crippen LogP contribution in [0.15, 0.2) is 0 Å². The Bertz CT molecular complexity index is 167. The Hall–Kier alpha value is -0.120. The third kappa shape index (κ3) is 4.49. The van der Waals surface area contributed by atoms with Gasteiger partial charge in [0, 0.05) is 6.61 Å². The summed E-state index contributed by atoms with van der Waals surface area (Å²) in [7, 11) is 6.23. The van der Waals surface area contributed by atoms with Gasteiger partial charge in [-0.2, -0.15) is 0 Å².